The number of hydrogen-bond acceptors (Lipinski definition) is 4. The second kappa shape index (κ2) is 10.2. The van der Waals surface area contributed by atoms with Gasteiger partial charge in [-0.1, -0.05) is 36.2 Å². The fraction of sp³-hybridized carbons (Fsp3) is 0.174. The summed E-state index contributed by atoms with van der Waals surface area (Å²) >= 11 is 7.37. The van der Waals surface area contributed by atoms with Crippen molar-refractivity contribution in [2.24, 2.45) is 0 Å². The Balaban J connectivity index is 1.65. The highest BCUT2D eigenvalue weighted by Crippen LogP contribution is 2.28. The van der Waals surface area contributed by atoms with Crippen LogP contribution in [-0.4, -0.2) is 19.6 Å². The van der Waals surface area contributed by atoms with Gasteiger partial charge in [-0.15, -0.1) is 11.8 Å². The number of rotatable bonds is 8. The molecule has 0 aliphatic carbocycles. The standard InChI is InChI=1S/C23H23ClN2O3S2/c1-3-22(30-20-12-6-17(24)7-13-20)23(27)25-18-10-14-21(15-11-18)31(28,29)26-19-8-4-16(2)5-9-19/h4-15,22,26H,3H2,1-2H3,(H,25,27)/t22-/m0/s1. The number of carbonyl (C=O) groups is 1. The van der Waals surface area contributed by atoms with Crippen molar-refractivity contribution >= 4 is 50.7 Å². The van der Waals surface area contributed by atoms with E-state index in [1.807, 2.05) is 38.1 Å². The van der Waals surface area contributed by atoms with Crippen LogP contribution in [0.25, 0.3) is 0 Å². The number of aryl methyl sites for hydroxylation is 1. The van der Waals surface area contributed by atoms with E-state index in [-0.39, 0.29) is 16.1 Å². The molecule has 8 heteroatoms. The third-order valence-corrected chi connectivity index (χ3v) is 7.52. The Hall–Kier alpha value is -2.48. The van der Waals surface area contributed by atoms with Crippen LogP contribution in [0.3, 0.4) is 0 Å². The minimum atomic E-state index is -3.71. The molecule has 0 radical (unpaired) electrons. The van der Waals surface area contributed by atoms with Crippen molar-refractivity contribution in [2.75, 3.05) is 10.0 Å². The summed E-state index contributed by atoms with van der Waals surface area (Å²) in [7, 11) is -3.71. The van der Waals surface area contributed by atoms with E-state index >= 15 is 0 Å². The largest absolute Gasteiger partial charge is 0.325 e. The number of carbonyl (C=O) groups excluding carboxylic acids is 1. The van der Waals surface area contributed by atoms with E-state index in [1.54, 1.807) is 36.4 Å². The molecule has 3 aromatic carbocycles. The van der Waals surface area contributed by atoms with Gasteiger partial charge in [-0.05, 0) is 74.0 Å². The van der Waals surface area contributed by atoms with Crippen molar-refractivity contribution in [3.63, 3.8) is 0 Å². The number of sulfonamides is 1. The van der Waals surface area contributed by atoms with E-state index in [0.29, 0.717) is 22.8 Å². The molecule has 0 spiro atoms. The minimum absolute atomic E-state index is 0.119. The lowest BCUT2D eigenvalue weighted by molar-refractivity contribution is -0.115. The molecule has 0 unspecified atom stereocenters. The molecule has 0 aliphatic rings. The third-order valence-electron chi connectivity index (χ3n) is 4.49. The second-order valence-electron chi connectivity index (χ2n) is 6.95. The maximum absolute atomic E-state index is 12.7. The van der Waals surface area contributed by atoms with Gasteiger partial charge in [-0.25, -0.2) is 8.42 Å². The first-order valence-corrected chi connectivity index (χ1v) is 12.4. The highest BCUT2D eigenvalue weighted by Gasteiger charge is 2.19. The number of amides is 1. The maximum Gasteiger partial charge on any atom is 0.261 e. The summed E-state index contributed by atoms with van der Waals surface area (Å²) in [6.45, 7) is 3.88. The molecule has 5 nitrogen and oxygen atoms in total. The minimum Gasteiger partial charge on any atom is -0.325 e. The zero-order valence-corrected chi connectivity index (χ0v) is 19.5. The molecule has 0 bridgehead atoms. The lowest BCUT2D eigenvalue weighted by Crippen LogP contribution is -2.24. The van der Waals surface area contributed by atoms with Crippen LogP contribution in [0.2, 0.25) is 5.02 Å². The predicted octanol–water partition coefficient (Wildman–Crippen LogP) is 5.96. The lowest BCUT2D eigenvalue weighted by Gasteiger charge is -2.15. The zero-order valence-electron chi connectivity index (χ0n) is 17.1. The average Bonchev–Trinajstić information content (AvgIpc) is 2.75. The molecule has 2 N–H and O–H groups in total. The topological polar surface area (TPSA) is 75.3 Å². The molecule has 0 aliphatic heterocycles. The summed E-state index contributed by atoms with van der Waals surface area (Å²) in [5.74, 6) is -0.143. The van der Waals surface area contributed by atoms with Crippen LogP contribution >= 0.6 is 23.4 Å². The SMILES string of the molecule is CC[C@H](Sc1ccc(Cl)cc1)C(=O)Nc1ccc(S(=O)(=O)Nc2ccc(C)cc2)cc1. The number of hydrogen-bond donors (Lipinski definition) is 2. The summed E-state index contributed by atoms with van der Waals surface area (Å²) in [4.78, 5) is 13.7. The molecule has 1 atom stereocenters. The summed E-state index contributed by atoms with van der Waals surface area (Å²) in [5.41, 5.74) is 2.07. The van der Waals surface area contributed by atoms with Crippen LogP contribution in [-0.2, 0) is 14.8 Å². The van der Waals surface area contributed by atoms with Gasteiger partial charge in [-0.3, -0.25) is 9.52 Å². The molecule has 1 amide bonds. The molecular weight excluding hydrogens is 452 g/mol. The van der Waals surface area contributed by atoms with E-state index in [4.69, 9.17) is 11.6 Å². The van der Waals surface area contributed by atoms with Gasteiger partial charge in [0.2, 0.25) is 5.91 Å². The molecule has 0 heterocycles. The summed E-state index contributed by atoms with van der Waals surface area (Å²) in [6, 6.07) is 20.5. The summed E-state index contributed by atoms with van der Waals surface area (Å²) in [5, 5.41) is 3.22. The Kier molecular flexibility index (Phi) is 7.64. The molecule has 0 aromatic heterocycles. The predicted molar refractivity (Wildman–Crippen MR) is 128 cm³/mol. The average molecular weight is 475 g/mol. The van der Waals surface area contributed by atoms with Gasteiger partial charge in [0, 0.05) is 21.3 Å². The van der Waals surface area contributed by atoms with Crippen LogP contribution in [0.4, 0.5) is 11.4 Å². The lowest BCUT2D eigenvalue weighted by atomic mass is 10.2. The Bertz CT molecular complexity index is 1130. The maximum atomic E-state index is 12.7. The van der Waals surface area contributed by atoms with Crippen molar-refractivity contribution in [2.45, 2.75) is 35.3 Å². The first-order valence-electron chi connectivity index (χ1n) is 9.69. The van der Waals surface area contributed by atoms with Gasteiger partial charge in [-0.2, -0.15) is 0 Å². The Morgan fingerprint density at radius 2 is 1.52 bits per heavy atom. The number of nitrogens with one attached hydrogen (secondary N) is 2. The Labute approximate surface area is 192 Å². The molecule has 0 fully saturated rings. The molecule has 31 heavy (non-hydrogen) atoms. The Morgan fingerprint density at radius 3 is 2.10 bits per heavy atom. The van der Waals surface area contributed by atoms with Crippen molar-refractivity contribution < 1.29 is 13.2 Å². The van der Waals surface area contributed by atoms with Crippen LogP contribution in [0, 0.1) is 6.92 Å². The van der Waals surface area contributed by atoms with Crippen LogP contribution in [0.1, 0.15) is 18.9 Å². The first kappa shape index (κ1) is 23.2. The smallest absolute Gasteiger partial charge is 0.261 e. The first-order chi connectivity index (χ1) is 14.8. The molecule has 162 valence electrons. The fourth-order valence-corrected chi connectivity index (χ4v) is 4.91. The van der Waals surface area contributed by atoms with E-state index in [2.05, 4.69) is 10.0 Å². The molecule has 3 aromatic rings. The van der Waals surface area contributed by atoms with Crippen molar-refractivity contribution in [3.8, 4) is 0 Å². The van der Waals surface area contributed by atoms with Gasteiger partial charge in [0.05, 0.1) is 10.1 Å². The van der Waals surface area contributed by atoms with Gasteiger partial charge in [0.15, 0.2) is 0 Å². The molecule has 3 rings (SSSR count). The van der Waals surface area contributed by atoms with E-state index in [1.165, 1.54) is 23.9 Å². The van der Waals surface area contributed by atoms with Crippen molar-refractivity contribution in [3.05, 3.63) is 83.4 Å². The monoisotopic (exact) mass is 474 g/mol. The number of thioether (sulfide) groups is 1. The van der Waals surface area contributed by atoms with Crippen LogP contribution < -0.4 is 10.0 Å². The van der Waals surface area contributed by atoms with Crippen LogP contribution in [0.5, 0.6) is 0 Å². The van der Waals surface area contributed by atoms with E-state index < -0.39 is 10.0 Å². The summed E-state index contributed by atoms with van der Waals surface area (Å²) < 4.78 is 27.7. The van der Waals surface area contributed by atoms with Gasteiger partial charge < -0.3 is 5.32 Å². The molecular formula is C23H23ClN2O3S2. The van der Waals surface area contributed by atoms with Gasteiger partial charge in [0.1, 0.15) is 0 Å². The second-order valence-corrected chi connectivity index (χ2v) is 10.3. The number of benzene rings is 3. The Morgan fingerprint density at radius 1 is 0.935 bits per heavy atom. The van der Waals surface area contributed by atoms with Gasteiger partial charge >= 0.3 is 0 Å². The van der Waals surface area contributed by atoms with E-state index in [9.17, 15) is 13.2 Å². The number of halogens is 1. The van der Waals surface area contributed by atoms with Crippen molar-refractivity contribution in [1.29, 1.82) is 0 Å². The van der Waals surface area contributed by atoms with Crippen LogP contribution in [0.15, 0.2) is 82.6 Å². The number of anilines is 2. The molecule has 0 saturated carbocycles. The van der Waals surface area contributed by atoms with Crippen molar-refractivity contribution in [1.82, 2.24) is 0 Å². The normalized spacial score (nSPS) is 12.2. The van der Waals surface area contributed by atoms with E-state index in [0.717, 1.165) is 10.5 Å². The third kappa shape index (κ3) is 6.50. The highest BCUT2D eigenvalue weighted by atomic mass is 35.5. The molecule has 0 saturated heterocycles. The quantitative estimate of drug-likeness (QED) is 0.395. The fourth-order valence-electron chi connectivity index (χ4n) is 2.78. The van der Waals surface area contributed by atoms with Gasteiger partial charge in [0.25, 0.3) is 10.0 Å². The highest BCUT2D eigenvalue weighted by molar-refractivity contribution is 8.00. The zero-order chi connectivity index (χ0) is 22.4. The summed E-state index contributed by atoms with van der Waals surface area (Å²) in [6.07, 6.45) is 0.645.